The average molecular weight is 170 g/mol. The van der Waals surface area contributed by atoms with Crippen molar-refractivity contribution in [1.82, 2.24) is 10.2 Å². The molecule has 0 aromatic rings. The van der Waals surface area contributed by atoms with E-state index in [1.807, 2.05) is 0 Å². The molecule has 3 nitrogen and oxygen atoms in total. The Hall–Kier alpha value is -0.410. The lowest BCUT2D eigenvalue weighted by Crippen LogP contribution is -2.40. The summed E-state index contributed by atoms with van der Waals surface area (Å²) in [5, 5.41) is 3.26. The van der Waals surface area contributed by atoms with Gasteiger partial charge in [0.1, 0.15) is 0 Å². The predicted octanol–water partition coefficient (Wildman–Crippen LogP) is 0.258. The Morgan fingerprint density at radius 1 is 1.67 bits per heavy atom. The largest absolute Gasteiger partial charge is 0.304 e. The first-order valence-corrected chi connectivity index (χ1v) is 4.64. The molecule has 12 heavy (non-hydrogen) atoms. The number of nitrogens with zero attached hydrogens (tertiary/aromatic N) is 1. The maximum atomic E-state index is 11.4. The third-order valence-electron chi connectivity index (χ3n) is 2.19. The highest BCUT2D eigenvalue weighted by Crippen LogP contribution is 2.05. The van der Waals surface area contributed by atoms with E-state index in [4.69, 9.17) is 0 Å². The van der Waals surface area contributed by atoms with E-state index in [1.165, 1.54) is 0 Å². The first-order valence-electron chi connectivity index (χ1n) is 4.64. The van der Waals surface area contributed by atoms with E-state index in [1.54, 1.807) is 0 Å². The van der Waals surface area contributed by atoms with Crippen molar-refractivity contribution in [3.63, 3.8) is 0 Å². The lowest BCUT2D eigenvalue weighted by atomic mass is 10.2. The Morgan fingerprint density at radius 3 is 2.75 bits per heavy atom. The number of hydrogen-bond donors (Lipinski definition) is 1. The molecule has 1 rings (SSSR count). The van der Waals surface area contributed by atoms with Crippen molar-refractivity contribution in [2.75, 3.05) is 19.6 Å². The molecule has 0 bridgehead atoms. The Balaban J connectivity index is 2.41. The van der Waals surface area contributed by atoms with Crippen LogP contribution in [0.25, 0.3) is 0 Å². The average Bonchev–Trinajstić information content (AvgIpc) is 2.31. The molecule has 0 saturated carbocycles. The molecule has 1 aliphatic heterocycles. The number of ketones is 1. The predicted molar refractivity (Wildman–Crippen MR) is 49.2 cm³/mol. The molecule has 1 atom stereocenters. The molecule has 70 valence electrons. The van der Waals surface area contributed by atoms with Crippen LogP contribution in [-0.2, 0) is 4.79 Å². The molecule has 0 aromatic heterocycles. The standard InChI is InChI=1S/C9H18N2O/c1-4-11-5-8(9(12)6-11)10-7(2)3/h7-8,10H,4-6H2,1-3H3/t8-/m0/s1. The smallest absolute Gasteiger partial charge is 0.164 e. The van der Waals surface area contributed by atoms with Gasteiger partial charge in [0.05, 0.1) is 12.6 Å². The Labute approximate surface area is 74.1 Å². The van der Waals surface area contributed by atoms with Crippen LogP contribution in [0.2, 0.25) is 0 Å². The van der Waals surface area contributed by atoms with Crippen LogP contribution in [0, 0.1) is 0 Å². The fourth-order valence-corrected chi connectivity index (χ4v) is 1.54. The van der Waals surface area contributed by atoms with Gasteiger partial charge in [-0.05, 0) is 6.54 Å². The van der Waals surface area contributed by atoms with Gasteiger partial charge in [-0.3, -0.25) is 9.69 Å². The second-order valence-corrected chi connectivity index (χ2v) is 3.67. The summed E-state index contributed by atoms with van der Waals surface area (Å²) in [5.41, 5.74) is 0. The van der Waals surface area contributed by atoms with Crippen LogP contribution < -0.4 is 5.32 Å². The maximum absolute atomic E-state index is 11.4. The summed E-state index contributed by atoms with van der Waals surface area (Å²) in [6.07, 6.45) is 0. The van der Waals surface area contributed by atoms with Crippen molar-refractivity contribution in [1.29, 1.82) is 0 Å². The Morgan fingerprint density at radius 2 is 2.33 bits per heavy atom. The highest BCUT2D eigenvalue weighted by atomic mass is 16.1. The van der Waals surface area contributed by atoms with E-state index in [0.717, 1.165) is 13.1 Å². The summed E-state index contributed by atoms with van der Waals surface area (Å²) >= 11 is 0. The van der Waals surface area contributed by atoms with E-state index in [2.05, 4.69) is 31.0 Å². The lowest BCUT2D eigenvalue weighted by molar-refractivity contribution is -0.118. The maximum Gasteiger partial charge on any atom is 0.164 e. The first-order chi connectivity index (χ1) is 5.63. The molecule has 0 spiro atoms. The van der Waals surface area contributed by atoms with Crippen LogP contribution in [-0.4, -0.2) is 42.4 Å². The monoisotopic (exact) mass is 170 g/mol. The van der Waals surface area contributed by atoms with Crippen molar-refractivity contribution >= 4 is 5.78 Å². The van der Waals surface area contributed by atoms with Gasteiger partial charge in [0.15, 0.2) is 5.78 Å². The molecule has 0 aliphatic carbocycles. The molecule has 1 N–H and O–H groups in total. The van der Waals surface area contributed by atoms with E-state index in [0.29, 0.717) is 18.4 Å². The van der Waals surface area contributed by atoms with Crippen molar-refractivity contribution in [2.45, 2.75) is 32.9 Å². The number of hydrogen-bond acceptors (Lipinski definition) is 3. The third-order valence-corrected chi connectivity index (χ3v) is 2.19. The van der Waals surface area contributed by atoms with Gasteiger partial charge in [-0.1, -0.05) is 20.8 Å². The van der Waals surface area contributed by atoms with Crippen LogP contribution in [0.15, 0.2) is 0 Å². The molecule has 1 fully saturated rings. The minimum absolute atomic E-state index is 0.0740. The first kappa shape index (κ1) is 9.68. The summed E-state index contributed by atoms with van der Waals surface area (Å²) in [4.78, 5) is 13.5. The SMILES string of the molecule is CCN1CC(=O)[C@@H](NC(C)C)C1. The summed E-state index contributed by atoms with van der Waals surface area (Å²) < 4.78 is 0. The summed E-state index contributed by atoms with van der Waals surface area (Å²) in [6.45, 7) is 8.71. The zero-order valence-corrected chi connectivity index (χ0v) is 8.13. The van der Waals surface area contributed by atoms with E-state index in [-0.39, 0.29) is 6.04 Å². The quantitative estimate of drug-likeness (QED) is 0.659. The second-order valence-electron chi connectivity index (χ2n) is 3.67. The molecule has 1 heterocycles. The molecule has 0 unspecified atom stereocenters. The number of carbonyl (C=O) groups excluding carboxylic acids is 1. The summed E-state index contributed by atoms with van der Waals surface area (Å²) in [5.74, 6) is 0.338. The van der Waals surface area contributed by atoms with Gasteiger partial charge in [0.25, 0.3) is 0 Å². The van der Waals surface area contributed by atoms with Crippen molar-refractivity contribution in [2.24, 2.45) is 0 Å². The molecule has 0 aromatic carbocycles. The second kappa shape index (κ2) is 4.01. The third kappa shape index (κ3) is 2.29. The fraction of sp³-hybridized carbons (Fsp3) is 0.889. The highest BCUT2D eigenvalue weighted by molar-refractivity contribution is 5.88. The minimum atomic E-state index is 0.0740. The molecule has 1 aliphatic rings. The Kier molecular flexibility index (Phi) is 3.23. The van der Waals surface area contributed by atoms with E-state index < -0.39 is 0 Å². The fourth-order valence-electron chi connectivity index (χ4n) is 1.54. The van der Waals surface area contributed by atoms with Crippen LogP contribution in [0.5, 0.6) is 0 Å². The van der Waals surface area contributed by atoms with Gasteiger partial charge in [-0.15, -0.1) is 0 Å². The lowest BCUT2D eigenvalue weighted by Gasteiger charge is -2.15. The number of nitrogens with one attached hydrogen (secondary N) is 1. The molecule has 0 amide bonds. The number of likely N-dealkylation sites (N-methyl/N-ethyl adjacent to an activating group) is 1. The number of rotatable bonds is 3. The van der Waals surface area contributed by atoms with Crippen LogP contribution in [0.4, 0.5) is 0 Å². The van der Waals surface area contributed by atoms with Gasteiger partial charge in [-0.2, -0.15) is 0 Å². The molecule has 3 heteroatoms. The van der Waals surface area contributed by atoms with Crippen molar-refractivity contribution < 1.29 is 4.79 Å². The van der Waals surface area contributed by atoms with Gasteiger partial charge >= 0.3 is 0 Å². The number of likely N-dealkylation sites (tertiary alicyclic amines) is 1. The Bertz CT molecular complexity index is 168. The van der Waals surface area contributed by atoms with E-state index >= 15 is 0 Å². The zero-order chi connectivity index (χ0) is 9.14. The van der Waals surface area contributed by atoms with Crippen LogP contribution >= 0.6 is 0 Å². The van der Waals surface area contributed by atoms with Crippen molar-refractivity contribution in [3.8, 4) is 0 Å². The highest BCUT2D eigenvalue weighted by Gasteiger charge is 2.29. The molecular formula is C9H18N2O. The van der Waals surface area contributed by atoms with Crippen molar-refractivity contribution in [3.05, 3.63) is 0 Å². The molecule has 0 radical (unpaired) electrons. The number of carbonyl (C=O) groups is 1. The minimum Gasteiger partial charge on any atom is -0.304 e. The topological polar surface area (TPSA) is 32.3 Å². The van der Waals surface area contributed by atoms with Crippen LogP contribution in [0.3, 0.4) is 0 Å². The van der Waals surface area contributed by atoms with Gasteiger partial charge in [-0.25, -0.2) is 0 Å². The normalized spacial score (nSPS) is 25.7. The molecule has 1 saturated heterocycles. The van der Waals surface area contributed by atoms with Gasteiger partial charge < -0.3 is 5.32 Å². The zero-order valence-electron chi connectivity index (χ0n) is 8.13. The van der Waals surface area contributed by atoms with E-state index in [9.17, 15) is 4.79 Å². The molecular weight excluding hydrogens is 152 g/mol. The summed E-state index contributed by atoms with van der Waals surface area (Å²) in [7, 11) is 0. The number of Topliss-reactive ketones (excluding diaryl/α,β-unsaturated/α-hetero) is 1. The summed E-state index contributed by atoms with van der Waals surface area (Å²) in [6, 6.07) is 0.473. The van der Waals surface area contributed by atoms with Gasteiger partial charge in [0, 0.05) is 12.6 Å². The van der Waals surface area contributed by atoms with Gasteiger partial charge in [0.2, 0.25) is 0 Å². The van der Waals surface area contributed by atoms with Crippen LogP contribution in [0.1, 0.15) is 20.8 Å².